The van der Waals surface area contributed by atoms with Crippen molar-refractivity contribution in [1.82, 2.24) is 10.2 Å². The zero-order valence-electron chi connectivity index (χ0n) is 18.5. The molecular formula is C21H28N2O8S. The number of ether oxygens (including phenoxy) is 3. The summed E-state index contributed by atoms with van der Waals surface area (Å²) in [5.74, 6) is -1.27. The monoisotopic (exact) mass is 468 g/mol. The number of hydrogen-bond donors (Lipinski definition) is 1. The number of methoxy groups -OCH3 is 1. The molecule has 1 N–H and O–H groups in total. The molecular weight excluding hydrogens is 440 g/mol. The van der Waals surface area contributed by atoms with E-state index >= 15 is 0 Å². The predicted octanol–water partition coefficient (Wildman–Crippen LogP) is 2.00. The van der Waals surface area contributed by atoms with Crippen molar-refractivity contribution in [3.8, 4) is 0 Å². The number of esters is 1. The van der Waals surface area contributed by atoms with Crippen molar-refractivity contribution in [2.75, 3.05) is 26.0 Å². The molecule has 0 spiro atoms. The van der Waals surface area contributed by atoms with Gasteiger partial charge >= 0.3 is 18.2 Å². The van der Waals surface area contributed by atoms with Crippen LogP contribution in [-0.2, 0) is 35.4 Å². The van der Waals surface area contributed by atoms with Crippen molar-refractivity contribution >= 4 is 28.0 Å². The summed E-state index contributed by atoms with van der Waals surface area (Å²) >= 11 is 0. The number of nitrogens with zero attached hydrogens (tertiary/aromatic N) is 1. The molecule has 1 aliphatic rings. The maximum atomic E-state index is 12.6. The molecule has 0 radical (unpaired) electrons. The topological polar surface area (TPSA) is 128 Å². The number of nitrogens with one attached hydrogen (secondary N) is 1. The summed E-state index contributed by atoms with van der Waals surface area (Å²) < 4.78 is 40.1. The predicted molar refractivity (Wildman–Crippen MR) is 115 cm³/mol. The van der Waals surface area contributed by atoms with Crippen molar-refractivity contribution in [3.63, 3.8) is 0 Å². The first kappa shape index (κ1) is 25.2. The molecule has 1 aliphatic heterocycles. The lowest BCUT2D eigenvalue weighted by Gasteiger charge is -2.33. The average molecular weight is 469 g/mol. The Morgan fingerprint density at radius 2 is 1.84 bits per heavy atom. The first-order chi connectivity index (χ1) is 14.9. The van der Waals surface area contributed by atoms with Gasteiger partial charge < -0.3 is 19.1 Å². The van der Waals surface area contributed by atoms with E-state index in [-0.39, 0.29) is 25.4 Å². The molecule has 2 rings (SSSR count). The van der Waals surface area contributed by atoms with Gasteiger partial charge in [0.2, 0.25) is 0 Å². The van der Waals surface area contributed by atoms with E-state index in [1.54, 1.807) is 45.0 Å². The minimum absolute atomic E-state index is 0.0400. The number of rotatable bonds is 5. The zero-order valence-corrected chi connectivity index (χ0v) is 19.3. The third kappa shape index (κ3) is 7.56. The summed E-state index contributed by atoms with van der Waals surface area (Å²) in [5.41, 5.74) is -0.417. The van der Waals surface area contributed by atoms with Crippen LogP contribution in [0.5, 0.6) is 0 Å². The Labute approximate surface area is 187 Å². The van der Waals surface area contributed by atoms with Crippen LogP contribution in [-0.4, -0.2) is 68.3 Å². The fourth-order valence-electron chi connectivity index (χ4n) is 2.79. The summed E-state index contributed by atoms with van der Waals surface area (Å²) in [5, 5.41) is 0.988. The first-order valence-electron chi connectivity index (χ1n) is 9.88. The van der Waals surface area contributed by atoms with Crippen LogP contribution in [0.15, 0.2) is 42.1 Å². The second kappa shape index (κ2) is 10.5. The lowest BCUT2D eigenvalue weighted by atomic mass is 10.2. The molecule has 1 saturated heterocycles. The largest absolute Gasteiger partial charge is 0.464 e. The van der Waals surface area contributed by atoms with Gasteiger partial charge in [0.1, 0.15) is 17.9 Å². The van der Waals surface area contributed by atoms with Gasteiger partial charge in [0.15, 0.2) is 9.84 Å². The molecule has 176 valence electrons. The number of carbonyl (C=O) groups excluding carboxylic acids is 3. The number of hydrogen-bond acceptors (Lipinski definition) is 8. The summed E-state index contributed by atoms with van der Waals surface area (Å²) in [6.45, 7) is 4.77. The van der Waals surface area contributed by atoms with Crippen LogP contribution >= 0.6 is 0 Å². The molecule has 0 bridgehead atoms. The van der Waals surface area contributed by atoms with E-state index in [1.807, 2.05) is 6.07 Å². The van der Waals surface area contributed by atoms with E-state index in [9.17, 15) is 22.8 Å². The standard InChI is InChI=1S/C21H28N2O8S/c1-21(2,3)31-20(26)23-10-11-32(27,28)16(13-23)12-17(18(24)29-4)22-19(25)30-14-15-8-6-5-7-9-15/h5-9,12,16H,10-11,13-14H2,1-4H3,(H,22,25)/b17-12-. The van der Waals surface area contributed by atoms with Gasteiger partial charge in [0.25, 0.3) is 0 Å². The number of alkyl carbamates (subject to hydrolysis) is 1. The second-order valence-corrected chi connectivity index (χ2v) is 10.4. The lowest BCUT2D eigenvalue weighted by molar-refractivity contribution is -0.136. The Kier molecular flexibility index (Phi) is 8.25. The number of sulfone groups is 1. The highest BCUT2D eigenvalue weighted by Crippen LogP contribution is 2.18. The Balaban J connectivity index is 2.15. The van der Waals surface area contributed by atoms with Gasteiger partial charge in [-0.15, -0.1) is 0 Å². The van der Waals surface area contributed by atoms with Gasteiger partial charge in [0.05, 0.1) is 18.1 Å². The van der Waals surface area contributed by atoms with Crippen LogP contribution in [0.1, 0.15) is 26.3 Å². The van der Waals surface area contributed by atoms with Crippen molar-refractivity contribution in [2.24, 2.45) is 0 Å². The Morgan fingerprint density at radius 1 is 1.19 bits per heavy atom. The van der Waals surface area contributed by atoms with Crippen LogP contribution in [0.2, 0.25) is 0 Å². The highest BCUT2D eigenvalue weighted by atomic mass is 32.2. The van der Waals surface area contributed by atoms with Crippen molar-refractivity contribution in [3.05, 3.63) is 47.7 Å². The summed E-state index contributed by atoms with van der Waals surface area (Å²) in [7, 11) is -2.59. The molecule has 32 heavy (non-hydrogen) atoms. The summed E-state index contributed by atoms with van der Waals surface area (Å²) in [6.07, 6.45) is -0.565. The van der Waals surface area contributed by atoms with Gasteiger partial charge in [-0.3, -0.25) is 5.32 Å². The fourth-order valence-corrected chi connectivity index (χ4v) is 4.31. The average Bonchev–Trinajstić information content (AvgIpc) is 2.71. The van der Waals surface area contributed by atoms with E-state index < -0.39 is 44.5 Å². The third-order valence-corrected chi connectivity index (χ3v) is 6.33. The SMILES string of the molecule is COC(=O)/C(=C/C1CN(C(=O)OC(C)(C)C)CCS1(=O)=O)NC(=O)OCc1ccccc1. The van der Waals surface area contributed by atoms with Crippen LogP contribution in [0.3, 0.4) is 0 Å². The van der Waals surface area contributed by atoms with E-state index in [0.29, 0.717) is 0 Å². The Hall–Kier alpha value is -3.08. The fraction of sp³-hybridized carbons (Fsp3) is 0.476. The molecule has 1 fully saturated rings. The maximum absolute atomic E-state index is 12.6. The molecule has 1 aromatic rings. The van der Waals surface area contributed by atoms with Crippen LogP contribution in [0.4, 0.5) is 9.59 Å². The molecule has 1 atom stereocenters. The highest BCUT2D eigenvalue weighted by Gasteiger charge is 2.36. The zero-order chi connectivity index (χ0) is 23.9. The molecule has 11 heteroatoms. The van der Waals surface area contributed by atoms with Crippen molar-refractivity contribution < 1.29 is 37.0 Å². The minimum Gasteiger partial charge on any atom is -0.464 e. The number of carbonyl (C=O) groups is 3. The maximum Gasteiger partial charge on any atom is 0.412 e. The lowest BCUT2D eigenvalue weighted by Crippen LogP contribution is -2.50. The van der Waals surface area contributed by atoms with Crippen LogP contribution in [0, 0.1) is 0 Å². The molecule has 1 unspecified atom stereocenters. The van der Waals surface area contributed by atoms with E-state index in [4.69, 9.17) is 9.47 Å². The van der Waals surface area contributed by atoms with Gasteiger partial charge in [-0.05, 0) is 32.4 Å². The third-order valence-electron chi connectivity index (χ3n) is 4.37. The van der Waals surface area contributed by atoms with Gasteiger partial charge in [-0.2, -0.15) is 0 Å². The van der Waals surface area contributed by atoms with Gasteiger partial charge in [0, 0.05) is 13.1 Å². The highest BCUT2D eigenvalue weighted by molar-refractivity contribution is 7.92. The van der Waals surface area contributed by atoms with Gasteiger partial charge in [-0.25, -0.2) is 22.8 Å². The minimum atomic E-state index is -3.69. The normalized spacial score (nSPS) is 18.4. The van der Waals surface area contributed by atoms with E-state index in [0.717, 1.165) is 18.7 Å². The molecule has 0 aliphatic carbocycles. The molecule has 10 nitrogen and oxygen atoms in total. The molecule has 2 amide bonds. The smallest absolute Gasteiger partial charge is 0.412 e. The first-order valence-corrected chi connectivity index (χ1v) is 11.6. The van der Waals surface area contributed by atoms with E-state index in [2.05, 4.69) is 10.1 Å². The van der Waals surface area contributed by atoms with Gasteiger partial charge in [-0.1, -0.05) is 30.3 Å². The van der Waals surface area contributed by atoms with Crippen LogP contribution in [0.25, 0.3) is 0 Å². The molecule has 1 heterocycles. The quantitative estimate of drug-likeness (QED) is 0.395. The Morgan fingerprint density at radius 3 is 2.44 bits per heavy atom. The summed E-state index contributed by atoms with van der Waals surface area (Å²) in [6, 6.07) is 8.88. The molecule has 0 aromatic heterocycles. The Bertz CT molecular complexity index is 967. The molecule has 1 aromatic carbocycles. The van der Waals surface area contributed by atoms with Crippen molar-refractivity contribution in [2.45, 2.75) is 38.2 Å². The number of amides is 2. The molecule has 0 saturated carbocycles. The summed E-state index contributed by atoms with van der Waals surface area (Å²) in [4.78, 5) is 37.9. The van der Waals surface area contributed by atoms with E-state index in [1.165, 1.54) is 4.90 Å². The van der Waals surface area contributed by atoms with Crippen LogP contribution < -0.4 is 5.32 Å². The van der Waals surface area contributed by atoms with Crippen molar-refractivity contribution in [1.29, 1.82) is 0 Å². The number of benzene rings is 1. The second-order valence-electron chi connectivity index (χ2n) is 8.09.